The molecule has 0 saturated carbocycles. The van der Waals surface area contributed by atoms with Gasteiger partial charge in [0.2, 0.25) is 0 Å². The second kappa shape index (κ2) is 9.36. The molecule has 1 N–H and O–H groups in total. The zero-order chi connectivity index (χ0) is 22.8. The lowest BCUT2D eigenvalue weighted by Crippen LogP contribution is -2.27. The third-order valence-electron chi connectivity index (χ3n) is 6.72. The summed E-state index contributed by atoms with van der Waals surface area (Å²) in [7, 11) is 0. The maximum atomic E-state index is 15.1. The first-order chi connectivity index (χ1) is 16.1. The molecule has 3 atom stereocenters. The highest BCUT2D eigenvalue weighted by molar-refractivity contribution is 5.76. The Kier molecular flexibility index (Phi) is 6.14. The normalized spacial score (nSPS) is 21.5. The molecule has 5 heteroatoms. The van der Waals surface area contributed by atoms with Gasteiger partial charge in [0.05, 0.1) is 19.1 Å². The number of fused-ring (bicyclic) bond motifs is 1. The Hall–Kier alpha value is -3.18. The number of rotatable bonds is 6. The van der Waals surface area contributed by atoms with Crippen molar-refractivity contribution in [2.24, 2.45) is 5.92 Å². The molecule has 0 bridgehead atoms. The van der Waals surface area contributed by atoms with Gasteiger partial charge in [-0.25, -0.2) is 4.39 Å². The van der Waals surface area contributed by atoms with Gasteiger partial charge < -0.3 is 14.8 Å². The first-order valence-electron chi connectivity index (χ1n) is 11.6. The summed E-state index contributed by atoms with van der Waals surface area (Å²) in [4.78, 5) is 13.1. The lowest BCUT2D eigenvalue weighted by Gasteiger charge is -2.23. The first-order valence-corrected chi connectivity index (χ1v) is 11.6. The summed E-state index contributed by atoms with van der Waals surface area (Å²) in [6.45, 7) is 3.45. The minimum atomic E-state index is -0.426. The van der Waals surface area contributed by atoms with Gasteiger partial charge in [0.15, 0.2) is 0 Å². The van der Waals surface area contributed by atoms with E-state index in [9.17, 15) is 4.79 Å². The number of benzene rings is 3. The van der Waals surface area contributed by atoms with Gasteiger partial charge in [0.1, 0.15) is 11.6 Å². The smallest absolute Gasteiger partial charge is 0.311 e. The standard InChI is InChI=1S/C28H28FNO3/c1-2-32-28(31)26-23(19-10-11-25-21(15-19)12-13-33-25)17-30-27(26)22-9-8-20(24(29)16-22)14-18-6-4-3-5-7-18/h3-11,15-16,23,26-27,30H,2,12-14,17H2,1H3/t23-,26+,27+/m1/s1. The highest BCUT2D eigenvalue weighted by atomic mass is 19.1. The van der Waals surface area contributed by atoms with Crippen LogP contribution in [0, 0.1) is 11.7 Å². The monoisotopic (exact) mass is 445 g/mol. The SMILES string of the molecule is CCOC(=O)[C@H]1[C@@H](c2ccc3c(c2)CCO3)CN[C@H]1c1ccc(Cc2ccccc2)c(F)c1. The topological polar surface area (TPSA) is 47.6 Å². The van der Waals surface area contributed by atoms with E-state index in [2.05, 4.69) is 11.4 Å². The number of nitrogens with one attached hydrogen (secondary N) is 1. The Morgan fingerprint density at radius 3 is 2.70 bits per heavy atom. The molecule has 3 aromatic rings. The van der Waals surface area contributed by atoms with Crippen molar-refractivity contribution in [3.8, 4) is 5.75 Å². The van der Waals surface area contributed by atoms with Crippen LogP contribution in [-0.4, -0.2) is 25.7 Å². The van der Waals surface area contributed by atoms with E-state index in [1.165, 1.54) is 5.56 Å². The molecule has 2 aliphatic heterocycles. The molecule has 3 aromatic carbocycles. The number of hydrogen-bond donors (Lipinski definition) is 1. The highest BCUT2D eigenvalue weighted by Gasteiger charge is 2.43. The Morgan fingerprint density at radius 1 is 1.09 bits per heavy atom. The van der Waals surface area contributed by atoms with Gasteiger partial charge in [-0.3, -0.25) is 4.79 Å². The number of halogens is 1. The average Bonchev–Trinajstić information content (AvgIpc) is 3.48. The molecule has 0 unspecified atom stereocenters. The minimum Gasteiger partial charge on any atom is -0.493 e. The van der Waals surface area contributed by atoms with Crippen LogP contribution in [0.5, 0.6) is 5.75 Å². The van der Waals surface area contributed by atoms with Crippen LogP contribution in [0.2, 0.25) is 0 Å². The minimum absolute atomic E-state index is 0.0491. The number of esters is 1. The fourth-order valence-corrected chi connectivity index (χ4v) is 5.08. The summed E-state index contributed by atoms with van der Waals surface area (Å²) in [6.07, 6.45) is 1.41. The lowest BCUT2D eigenvalue weighted by molar-refractivity contribution is -0.148. The first kappa shape index (κ1) is 21.7. The summed E-state index contributed by atoms with van der Waals surface area (Å²) >= 11 is 0. The second-order valence-corrected chi connectivity index (χ2v) is 8.75. The Morgan fingerprint density at radius 2 is 1.91 bits per heavy atom. The van der Waals surface area contributed by atoms with E-state index in [1.807, 2.05) is 61.5 Å². The van der Waals surface area contributed by atoms with Gasteiger partial charge in [-0.1, -0.05) is 54.6 Å². The van der Waals surface area contributed by atoms with Crippen LogP contribution >= 0.6 is 0 Å². The molecular formula is C28H28FNO3. The zero-order valence-corrected chi connectivity index (χ0v) is 18.7. The van der Waals surface area contributed by atoms with Gasteiger partial charge in [-0.05, 0) is 46.9 Å². The fourth-order valence-electron chi connectivity index (χ4n) is 5.08. The third-order valence-corrected chi connectivity index (χ3v) is 6.72. The molecule has 33 heavy (non-hydrogen) atoms. The molecule has 0 aliphatic carbocycles. The van der Waals surface area contributed by atoms with Crippen molar-refractivity contribution in [2.75, 3.05) is 19.8 Å². The van der Waals surface area contributed by atoms with E-state index in [-0.39, 0.29) is 23.7 Å². The zero-order valence-electron chi connectivity index (χ0n) is 18.7. The molecule has 1 fully saturated rings. The van der Waals surface area contributed by atoms with Crippen molar-refractivity contribution in [1.29, 1.82) is 0 Å². The summed E-state index contributed by atoms with van der Waals surface area (Å²) in [5, 5.41) is 3.48. The third kappa shape index (κ3) is 4.38. The van der Waals surface area contributed by atoms with E-state index in [0.29, 0.717) is 31.7 Å². The summed E-state index contributed by atoms with van der Waals surface area (Å²) < 4.78 is 26.2. The molecule has 0 amide bonds. The number of hydrogen-bond acceptors (Lipinski definition) is 4. The van der Waals surface area contributed by atoms with Crippen molar-refractivity contribution >= 4 is 5.97 Å². The van der Waals surface area contributed by atoms with Crippen LogP contribution in [0.15, 0.2) is 66.7 Å². The van der Waals surface area contributed by atoms with Crippen LogP contribution in [-0.2, 0) is 22.4 Å². The molecule has 0 radical (unpaired) electrons. The number of carbonyl (C=O) groups is 1. The summed E-state index contributed by atoms with van der Waals surface area (Å²) in [6, 6.07) is 21.1. The Bertz CT molecular complexity index is 1150. The van der Waals surface area contributed by atoms with Gasteiger partial charge >= 0.3 is 5.97 Å². The highest BCUT2D eigenvalue weighted by Crippen LogP contribution is 2.42. The molecule has 1 saturated heterocycles. The van der Waals surface area contributed by atoms with E-state index in [4.69, 9.17) is 9.47 Å². The predicted molar refractivity (Wildman–Crippen MR) is 125 cm³/mol. The van der Waals surface area contributed by atoms with Crippen LogP contribution in [0.4, 0.5) is 4.39 Å². The quantitative estimate of drug-likeness (QED) is 0.545. The molecule has 0 aromatic heterocycles. The van der Waals surface area contributed by atoms with Gasteiger partial charge in [-0.2, -0.15) is 0 Å². The molecule has 0 spiro atoms. The van der Waals surface area contributed by atoms with Gasteiger partial charge in [0.25, 0.3) is 0 Å². The van der Waals surface area contributed by atoms with E-state index < -0.39 is 5.92 Å². The van der Waals surface area contributed by atoms with Crippen LogP contribution in [0.3, 0.4) is 0 Å². The number of ether oxygens (including phenoxy) is 2. The van der Waals surface area contributed by atoms with Gasteiger partial charge in [-0.15, -0.1) is 0 Å². The molecule has 5 rings (SSSR count). The molecule has 2 heterocycles. The van der Waals surface area contributed by atoms with Crippen LogP contribution in [0.25, 0.3) is 0 Å². The second-order valence-electron chi connectivity index (χ2n) is 8.75. The Balaban J connectivity index is 1.43. The molecule has 170 valence electrons. The van der Waals surface area contributed by atoms with Crippen molar-refractivity contribution in [3.63, 3.8) is 0 Å². The summed E-state index contributed by atoms with van der Waals surface area (Å²) in [5.74, 6) is -0.0522. The van der Waals surface area contributed by atoms with E-state index in [1.54, 1.807) is 6.07 Å². The largest absolute Gasteiger partial charge is 0.493 e. The maximum Gasteiger partial charge on any atom is 0.311 e. The molecule has 2 aliphatic rings. The predicted octanol–water partition coefficient (Wildman–Crippen LogP) is 4.96. The van der Waals surface area contributed by atoms with Crippen LogP contribution in [0.1, 0.15) is 46.7 Å². The Labute approximate surface area is 193 Å². The molecular weight excluding hydrogens is 417 g/mol. The fraction of sp³-hybridized carbons (Fsp3) is 0.321. The van der Waals surface area contributed by atoms with E-state index in [0.717, 1.165) is 28.9 Å². The lowest BCUT2D eigenvalue weighted by atomic mass is 9.82. The van der Waals surface area contributed by atoms with Crippen molar-refractivity contribution in [2.45, 2.75) is 31.7 Å². The van der Waals surface area contributed by atoms with Crippen molar-refractivity contribution in [3.05, 3.63) is 100 Å². The van der Waals surface area contributed by atoms with E-state index >= 15 is 4.39 Å². The van der Waals surface area contributed by atoms with Crippen molar-refractivity contribution in [1.82, 2.24) is 5.32 Å². The summed E-state index contributed by atoms with van der Waals surface area (Å²) in [5.41, 5.74) is 4.75. The van der Waals surface area contributed by atoms with Crippen LogP contribution < -0.4 is 10.1 Å². The van der Waals surface area contributed by atoms with Gasteiger partial charge in [0, 0.05) is 31.3 Å². The number of carbonyl (C=O) groups excluding carboxylic acids is 1. The van der Waals surface area contributed by atoms with Crippen molar-refractivity contribution < 1.29 is 18.7 Å². The molecule has 4 nitrogen and oxygen atoms in total. The maximum absolute atomic E-state index is 15.1. The average molecular weight is 446 g/mol.